The van der Waals surface area contributed by atoms with Gasteiger partial charge in [0.2, 0.25) is 10.0 Å². The molecule has 0 aromatic carbocycles. The molecule has 1 saturated heterocycles. The first-order valence-corrected chi connectivity index (χ1v) is 10.7. The molecule has 1 atom stereocenters. The Hall–Kier alpha value is -0.440. The normalized spacial score (nSPS) is 22.1. The number of rotatable bonds is 6. The van der Waals surface area contributed by atoms with Gasteiger partial charge in [-0.25, -0.2) is 21.6 Å². The van der Waals surface area contributed by atoms with Crippen LogP contribution in [0.15, 0.2) is 16.3 Å². The van der Waals surface area contributed by atoms with Gasteiger partial charge < -0.3 is 0 Å². The Balaban J connectivity index is 1.76. The number of sulfonamides is 1. The standard InChI is InChI=1S/C12H19NO4S3/c1-10-4-5-12(18-10)20(16,17)13-7-2-3-11-6-8-19(14,15)9-11/h4-5,11,13H,2-3,6-9H2,1H3. The van der Waals surface area contributed by atoms with Crippen molar-refractivity contribution in [2.45, 2.75) is 30.4 Å². The van der Waals surface area contributed by atoms with Gasteiger partial charge in [-0.15, -0.1) is 11.3 Å². The fourth-order valence-corrected chi connectivity index (χ4v) is 6.64. The van der Waals surface area contributed by atoms with E-state index in [2.05, 4.69) is 4.72 Å². The molecule has 1 aromatic heterocycles. The molecular formula is C12H19NO4S3. The highest BCUT2D eigenvalue weighted by Crippen LogP contribution is 2.23. The van der Waals surface area contributed by atoms with Crippen molar-refractivity contribution in [1.29, 1.82) is 0 Å². The summed E-state index contributed by atoms with van der Waals surface area (Å²) in [6, 6.07) is 3.38. The van der Waals surface area contributed by atoms with Crippen molar-refractivity contribution in [3.63, 3.8) is 0 Å². The summed E-state index contributed by atoms with van der Waals surface area (Å²) in [5.41, 5.74) is 0. The van der Waals surface area contributed by atoms with E-state index in [-0.39, 0.29) is 17.4 Å². The lowest BCUT2D eigenvalue weighted by atomic mass is 10.0. The Morgan fingerprint density at radius 1 is 1.40 bits per heavy atom. The Labute approximate surface area is 124 Å². The number of aryl methyl sites for hydroxylation is 1. The number of nitrogens with one attached hydrogen (secondary N) is 1. The lowest BCUT2D eigenvalue weighted by molar-refractivity contribution is 0.512. The highest BCUT2D eigenvalue weighted by Gasteiger charge is 2.27. The van der Waals surface area contributed by atoms with Crippen molar-refractivity contribution in [3.8, 4) is 0 Å². The molecule has 8 heteroatoms. The summed E-state index contributed by atoms with van der Waals surface area (Å²) in [6.07, 6.45) is 2.13. The maximum atomic E-state index is 11.9. The van der Waals surface area contributed by atoms with Crippen LogP contribution in [-0.4, -0.2) is 34.9 Å². The van der Waals surface area contributed by atoms with Gasteiger partial charge in [0.15, 0.2) is 9.84 Å². The van der Waals surface area contributed by atoms with Gasteiger partial charge in [-0.3, -0.25) is 0 Å². The zero-order chi connectivity index (χ0) is 14.8. The van der Waals surface area contributed by atoms with Crippen LogP contribution in [0.1, 0.15) is 24.1 Å². The summed E-state index contributed by atoms with van der Waals surface area (Å²) in [5, 5.41) is 0. The Morgan fingerprint density at radius 3 is 2.70 bits per heavy atom. The lowest BCUT2D eigenvalue weighted by Crippen LogP contribution is -2.24. The van der Waals surface area contributed by atoms with Crippen molar-refractivity contribution in [2.75, 3.05) is 18.1 Å². The molecule has 0 saturated carbocycles. The van der Waals surface area contributed by atoms with Crippen molar-refractivity contribution in [1.82, 2.24) is 4.72 Å². The van der Waals surface area contributed by atoms with E-state index in [1.807, 2.05) is 6.92 Å². The first-order valence-electron chi connectivity index (χ1n) is 6.55. The van der Waals surface area contributed by atoms with Gasteiger partial charge in [0.1, 0.15) is 4.21 Å². The maximum absolute atomic E-state index is 11.9. The minimum Gasteiger partial charge on any atom is -0.229 e. The van der Waals surface area contributed by atoms with Gasteiger partial charge in [0.05, 0.1) is 11.5 Å². The van der Waals surface area contributed by atoms with E-state index in [0.717, 1.165) is 11.3 Å². The first-order chi connectivity index (χ1) is 9.28. The molecule has 1 aromatic rings. The van der Waals surface area contributed by atoms with Crippen LogP contribution >= 0.6 is 11.3 Å². The van der Waals surface area contributed by atoms with E-state index in [9.17, 15) is 16.8 Å². The largest absolute Gasteiger partial charge is 0.250 e. The number of thiophene rings is 1. The van der Waals surface area contributed by atoms with Crippen LogP contribution in [0.3, 0.4) is 0 Å². The molecule has 114 valence electrons. The smallest absolute Gasteiger partial charge is 0.229 e. The molecule has 0 spiro atoms. The molecule has 2 rings (SSSR count). The molecule has 1 unspecified atom stereocenters. The molecule has 1 aliphatic rings. The monoisotopic (exact) mass is 337 g/mol. The molecule has 0 aliphatic carbocycles. The topological polar surface area (TPSA) is 80.3 Å². The summed E-state index contributed by atoms with van der Waals surface area (Å²) < 4.78 is 49.4. The summed E-state index contributed by atoms with van der Waals surface area (Å²) in [5.74, 6) is 0.718. The van der Waals surface area contributed by atoms with E-state index in [0.29, 0.717) is 23.6 Å². The summed E-state index contributed by atoms with van der Waals surface area (Å²) in [7, 11) is -6.25. The molecule has 5 nitrogen and oxygen atoms in total. The van der Waals surface area contributed by atoms with Crippen molar-refractivity contribution < 1.29 is 16.8 Å². The van der Waals surface area contributed by atoms with Crippen molar-refractivity contribution in [2.24, 2.45) is 5.92 Å². The molecular weight excluding hydrogens is 318 g/mol. The molecule has 0 radical (unpaired) electrons. The molecule has 1 fully saturated rings. The minimum atomic E-state index is -3.41. The van der Waals surface area contributed by atoms with E-state index in [1.165, 1.54) is 11.3 Å². The Bertz CT molecular complexity index is 661. The molecule has 20 heavy (non-hydrogen) atoms. The number of hydrogen-bond donors (Lipinski definition) is 1. The summed E-state index contributed by atoms with van der Waals surface area (Å²) >= 11 is 1.25. The fraction of sp³-hybridized carbons (Fsp3) is 0.667. The fourth-order valence-electron chi connectivity index (χ4n) is 2.32. The van der Waals surface area contributed by atoms with E-state index in [1.54, 1.807) is 12.1 Å². The second-order valence-electron chi connectivity index (χ2n) is 5.17. The molecule has 1 N–H and O–H groups in total. The van der Waals surface area contributed by atoms with Crippen LogP contribution in [0, 0.1) is 12.8 Å². The first kappa shape index (κ1) is 15.9. The van der Waals surface area contributed by atoms with Gasteiger partial charge >= 0.3 is 0 Å². The predicted molar refractivity (Wildman–Crippen MR) is 80.2 cm³/mol. The third kappa shape index (κ3) is 4.28. The average molecular weight is 337 g/mol. The second-order valence-corrected chi connectivity index (χ2v) is 10.7. The molecule has 2 heterocycles. The molecule has 0 amide bonds. The van der Waals surface area contributed by atoms with Gasteiger partial charge in [-0.1, -0.05) is 0 Å². The van der Waals surface area contributed by atoms with Crippen molar-refractivity contribution in [3.05, 3.63) is 17.0 Å². The minimum absolute atomic E-state index is 0.188. The van der Waals surface area contributed by atoms with Crippen LogP contribution in [0.2, 0.25) is 0 Å². The van der Waals surface area contributed by atoms with Crippen LogP contribution in [0.5, 0.6) is 0 Å². The van der Waals surface area contributed by atoms with Gasteiger partial charge in [-0.2, -0.15) is 0 Å². The quantitative estimate of drug-likeness (QED) is 0.799. The maximum Gasteiger partial charge on any atom is 0.250 e. The highest BCUT2D eigenvalue weighted by atomic mass is 32.2. The van der Waals surface area contributed by atoms with Crippen LogP contribution in [0.25, 0.3) is 0 Å². The highest BCUT2D eigenvalue weighted by molar-refractivity contribution is 7.91. The average Bonchev–Trinajstić information content (AvgIpc) is 2.91. The van der Waals surface area contributed by atoms with E-state index >= 15 is 0 Å². The third-order valence-electron chi connectivity index (χ3n) is 3.39. The number of sulfone groups is 1. The van der Waals surface area contributed by atoms with Crippen LogP contribution < -0.4 is 4.72 Å². The predicted octanol–water partition coefficient (Wildman–Crippen LogP) is 1.55. The van der Waals surface area contributed by atoms with Crippen LogP contribution in [0.4, 0.5) is 0 Å². The molecule has 1 aliphatic heterocycles. The second kappa shape index (κ2) is 6.13. The zero-order valence-corrected chi connectivity index (χ0v) is 13.8. The summed E-state index contributed by atoms with van der Waals surface area (Å²) in [4.78, 5) is 0.960. The third-order valence-corrected chi connectivity index (χ3v) is 8.18. The van der Waals surface area contributed by atoms with E-state index < -0.39 is 19.9 Å². The lowest BCUT2D eigenvalue weighted by Gasteiger charge is -2.08. The van der Waals surface area contributed by atoms with Gasteiger partial charge in [0, 0.05) is 11.4 Å². The summed E-state index contributed by atoms with van der Waals surface area (Å²) in [6.45, 7) is 2.22. The number of hydrogen-bond acceptors (Lipinski definition) is 5. The van der Waals surface area contributed by atoms with Gasteiger partial charge in [0.25, 0.3) is 0 Å². The zero-order valence-electron chi connectivity index (χ0n) is 11.3. The molecule has 0 bridgehead atoms. The van der Waals surface area contributed by atoms with Crippen molar-refractivity contribution >= 4 is 31.2 Å². The Morgan fingerprint density at radius 2 is 2.15 bits per heavy atom. The van der Waals surface area contributed by atoms with Gasteiger partial charge in [-0.05, 0) is 44.2 Å². The SMILES string of the molecule is Cc1ccc(S(=O)(=O)NCCCC2CCS(=O)(=O)C2)s1. The Kier molecular flexibility index (Phi) is 4.88. The van der Waals surface area contributed by atoms with Crippen LogP contribution in [-0.2, 0) is 19.9 Å². The van der Waals surface area contributed by atoms with E-state index in [4.69, 9.17) is 0 Å².